The summed E-state index contributed by atoms with van der Waals surface area (Å²) < 4.78 is 5.58. The molecule has 1 aliphatic carbocycles. The molecule has 0 radical (unpaired) electrons. The lowest BCUT2D eigenvalue weighted by molar-refractivity contribution is 0.363. The van der Waals surface area contributed by atoms with Gasteiger partial charge < -0.3 is 10.1 Å². The third kappa shape index (κ3) is 4.47. The van der Waals surface area contributed by atoms with Gasteiger partial charge in [0.25, 0.3) is 0 Å². The maximum Gasteiger partial charge on any atom is 0.148 e. The SMILES string of the molecule is C#CCOc1ccccc1CNC1CCC(SCC)C1. The van der Waals surface area contributed by atoms with Gasteiger partial charge in [-0.2, -0.15) is 11.8 Å². The first-order valence-electron chi connectivity index (χ1n) is 7.32. The van der Waals surface area contributed by atoms with Gasteiger partial charge in [0.1, 0.15) is 12.4 Å². The van der Waals surface area contributed by atoms with E-state index < -0.39 is 0 Å². The van der Waals surface area contributed by atoms with Crippen LogP contribution in [0.3, 0.4) is 0 Å². The van der Waals surface area contributed by atoms with E-state index in [-0.39, 0.29) is 0 Å². The van der Waals surface area contributed by atoms with Gasteiger partial charge in [-0.05, 0) is 31.1 Å². The van der Waals surface area contributed by atoms with Crippen molar-refractivity contribution in [1.82, 2.24) is 5.32 Å². The van der Waals surface area contributed by atoms with Crippen LogP contribution in [0.25, 0.3) is 0 Å². The Labute approximate surface area is 126 Å². The summed E-state index contributed by atoms with van der Waals surface area (Å²) in [5.74, 6) is 4.64. The molecule has 0 bridgehead atoms. The molecule has 0 saturated heterocycles. The van der Waals surface area contributed by atoms with Crippen LogP contribution in [0.5, 0.6) is 5.75 Å². The highest BCUT2D eigenvalue weighted by atomic mass is 32.2. The monoisotopic (exact) mass is 289 g/mol. The second-order valence-electron chi connectivity index (χ2n) is 5.07. The van der Waals surface area contributed by atoms with E-state index >= 15 is 0 Å². The van der Waals surface area contributed by atoms with Crippen LogP contribution in [0.2, 0.25) is 0 Å². The highest BCUT2D eigenvalue weighted by molar-refractivity contribution is 7.99. The third-order valence-corrected chi connectivity index (χ3v) is 4.88. The van der Waals surface area contributed by atoms with Gasteiger partial charge in [-0.25, -0.2) is 0 Å². The van der Waals surface area contributed by atoms with E-state index in [9.17, 15) is 0 Å². The van der Waals surface area contributed by atoms with E-state index in [4.69, 9.17) is 11.2 Å². The molecule has 0 heterocycles. The van der Waals surface area contributed by atoms with Crippen LogP contribution in [0.1, 0.15) is 31.7 Å². The number of terminal acetylenes is 1. The number of nitrogens with one attached hydrogen (secondary N) is 1. The van der Waals surface area contributed by atoms with Crippen molar-refractivity contribution in [1.29, 1.82) is 0 Å². The molecular formula is C17H23NOS. The van der Waals surface area contributed by atoms with Crippen molar-refractivity contribution in [2.45, 2.75) is 44.0 Å². The van der Waals surface area contributed by atoms with E-state index in [1.54, 1.807) is 0 Å². The van der Waals surface area contributed by atoms with E-state index in [2.05, 4.69) is 36.0 Å². The average Bonchev–Trinajstić information content (AvgIpc) is 2.92. The normalized spacial score (nSPS) is 21.6. The Kier molecular flexibility index (Phi) is 6.29. The van der Waals surface area contributed by atoms with Crippen LogP contribution in [-0.4, -0.2) is 23.7 Å². The molecule has 1 aliphatic rings. The summed E-state index contributed by atoms with van der Waals surface area (Å²) in [6, 6.07) is 8.76. The zero-order valence-corrected chi connectivity index (χ0v) is 12.9. The molecule has 1 saturated carbocycles. The molecule has 1 N–H and O–H groups in total. The van der Waals surface area contributed by atoms with Gasteiger partial charge in [0, 0.05) is 23.4 Å². The first kappa shape index (κ1) is 15.3. The Bertz CT molecular complexity index is 455. The molecule has 1 fully saturated rings. The van der Waals surface area contributed by atoms with Crippen molar-refractivity contribution in [3.8, 4) is 18.1 Å². The van der Waals surface area contributed by atoms with Crippen LogP contribution in [-0.2, 0) is 6.54 Å². The first-order chi connectivity index (χ1) is 9.83. The van der Waals surface area contributed by atoms with Crippen molar-refractivity contribution >= 4 is 11.8 Å². The highest BCUT2D eigenvalue weighted by Gasteiger charge is 2.24. The van der Waals surface area contributed by atoms with E-state index in [1.807, 2.05) is 18.2 Å². The predicted molar refractivity (Wildman–Crippen MR) is 87.2 cm³/mol. The molecule has 1 aromatic carbocycles. The number of ether oxygens (including phenoxy) is 1. The molecular weight excluding hydrogens is 266 g/mol. The lowest BCUT2D eigenvalue weighted by Crippen LogP contribution is -2.26. The smallest absolute Gasteiger partial charge is 0.148 e. The molecule has 0 amide bonds. The molecule has 2 unspecified atom stereocenters. The largest absolute Gasteiger partial charge is 0.481 e. The highest BCUT2D eigenvalue weighted by Crippen LogP contribution is 2.30. The maximum atomic E-state index is 5.58. The van der Waals surface area contributed by atoms with Crippen molar-refractivity contribution < 1.29 is 4.74 Å². The summed E-state index contributed by atoms with van der Waals surface area (Å²) in [5.41, 5.74) is 1.19. The summed E-state index contributed by atoms with van der Waals surface area (Å²) in [7, 11) is 0. The Morgan fingerprint density at radius 1 is 1.40 bits per heavy atom. The van der Waals surface area contributed by atoms with Gasteiger partial charge in [-0.3, -0.25) is 0 Å². The molecule has 1 aromatic rings. The summed E-state index contributed by atoms with van der Waals surface area (Å²) in [5, 5.41) is 4.50. The lowest BCUT2D eigenvalue weighted by atomic mass is 10.1. The molecule has 0 aliphatic heterocycles. The van der Waals surface area contributed by atoms with Crippen LogP contribution in [0.4, 0.5) is 0 Å². The van der Waals surface area contributed by atoms with E-state index in [0.717, 1.165) is 17.5 Å². The van der Waals surface area contributed by atoms with Crippen LogP contribution in [0.15, 0.2) is 24.3 Å². The Morgan fingerprint density at radius 2 is 2.25 bits per heavy atom. The fourth-order valence-corrected chi connectivity index (χ4v) is 3.82. The molecule has 108 valence electrons. The zero-order chi connectivity index (χ0) is 14.2. The first-order valence-corrected chi connectivity index (χ1v) is 8.37. The topological polar surface area (TPSA) is 21.3 Å². The minimum Gasteiger partial charge on any atom is -0.481 e. The summed E-state index contributed by atoms with van der Waals surface area (Å²) >= 11 is 2.09. The van der Waals surface area contributed by atoms with Gasteiger partial charge in [0.2, 0.25) is 0 Å². The maximum absolute atomic E-state index is 5.58. The van der Waals surface area contributed by atoms with Gasteiger partial charge in [0.05, 0.1) is 0 Å². The lowest BCUT2D eigenvalue weighted by Gasteiger charge is -2.15. The molecule has 2 rings (SSSR count). The van der Waals surface area contributed by atoms with E-state index in [0.29, 0.717) is 12.6 Å². The fourth-order valence-electron chi connectivity index (χ4n) is 2.68. The Balaban J connectivity index is 1.84. The molecule has 20 heavy (non-hydrogen) atoms. The number of benzene rings is 1. The summed E-state index contributed by atoms with van der Waals surface area (Å²) in [6.07, 6.45) is 9.16. The Hall–Kier alpha value is -1.11. The van der Waals surface area contributed by atoms with Gasteiger partial charge in [-0.15, -0.1) is 6.42 Å². The second kappa shape index (κ2) is 8.24. The number of rotatable bonds is 7. The quantitative estimate of drug-likeness (QED) is 0.777. The van der Waals surface area contributed by atoms with Crippen molar-refractivity contribution in [3.63, 3.8) is 0 Å². The predicted octanol–water partition coefficient (Wildman–Crippen LogP) is 3.46. The number of hydrogen-bond acceptors (Lipinski definition) is 3. The van der Waals surface area contributed by atoms with Gasteiger partial charge >= 0.3 is 0 Å². The van der Waals surface area contributed by atoms with E-state index in [1.165, 1.54) is 30.6 Å². The molecule has 0 aromatic heterocycles. The van der Waals surface area contributed by atoms with Crippen molar-refractivity contribution in [2.75, 3.05) is 12.4 Å². The molecule has 2 atom stereocenters. The second-order valence-corrected chi connectivity index (χ2v) is 6.65. The zero-order valence-electron chi connectivity index (χ0n) is 12.1. The minimum absolute atomic E-state index is 0.329. The third-order valence-electron chi connectivity index (χ3n) is 3.65. The van der Waals surface area contributed by atoms with Crippen LogP contribution < -0.4 is 10.1 Å². The van der Waals surface area contributed by atoms with Gasteiger partial charge in [0.15, 0.2) is 0 Å². The number of thioether (sulfide) groups is 1. The number of para-hydroxylation sites is 1. The van der Waals surface area contributed by atoms with Crippen molar-refractivity contribution in [3.05, 3.63) is 29.8 Å². The summed E-state index contributed by atoms with van der Waals surface area (Å²) in [4.78, 5) is 0. The fraction of sp³-hybridized carbons (Fsp3) is 0.529. The molecule has 0 spiro atoms. The van der Waals surface area contributed by atoms with Gasteiger partial charge in [-0.1, -0.05) is 31.0 Å². The molecule has 3 heteroatoms. The Morgan fingerprint density at radius 3 is 3.05 bits per heavy atom. The minimum atomic E-state index is 0.329. The average molecular weight is 289 g/mol. The standard InChI is InChI=1S/C17H23NOS/c1-3-11-19-17-8-6-5-7-14(17)13-18-15-9-10-16(12-15)20-4-2/h1,5-8,15-16,18H,4,9-13H2,2H3. The molecule has 2 nitrogen and oxygen atoms in total. The number of hydrogen-bond donors (Lipinski definition) is 1. The van der Waals surface area contributed by atoms with Crippen LogP contribution >= 0.6 is 11.8 Å². The van der Waals surface area contributed by atoms with Crippen LogP contribution in [0, 0.1) is 12.3 Å². The van der Waals surface area contributed by atoms with Crippen molar-refractivity contribution in [2.24, 2.45) is 0 Å². The summed E-state index contributed by atoms with van der Waals surface area (Å²) in [6.45, 7) is 3.43.